The van der Waals surface area contributed by atoms with Crippen LogP contribution in [0.3, 0.4) is 0 Å². The Morgan fingerprint density at radius 1 is 1.00 bits per heavy atom. The molecule has 0 aromatic carbocycles. The minimum absolute atomic E-state index is 0.757. The first-order chi connectivity index (χ1) is 5.46. The fourth-order valence-corrected chi connectivity index (χ4v) is 2.94. The Labute approximate surface area is 77.1 Å². The molecule has 0 aliphatic carbocycles. The summed E-state index contributed by atoms with van der Waals surface area (Å²) in [4.78, 5) is 2.52. The van der Waals surface area contributed by atoms with Crippen molar-refractivity contribution in [1.82, 2.24) is 4.90 Å². The molecule has 1 nitrogen and oxygen atoms in total. The van der Waals surface area contributed by atoms with E-state index in [-0.39, 0.29) is 0 Å². The fraction of sp³-hybridized carbons (Fsp3) is 1.00. The van der Waals surface area contributed by atoms with E-state index in [4.69, 9.17) is 0 Å². The highest BCUT2D eigenvalue weighted by atomic mass is 15.2. The second-order valence-corrected chi connectivity index (χ2v) is 4.83. The molecule has 0 amide bonds. The third-order valence-electron chi connectivity index (χ3n) is 3.98. The van der Waals surface area contributed by atoms with Crippen molar-refractivity contribution in [2.45, 2.75) is 46.7 Å². The van der Waals surface area contributed by atoms with Crippen molar-refractivity contribution in [3.05, 3.63) is 0 Å². The Morgan fingerprint density at radius 2 is 1.50 bits per heavy atom. The number of hydrogen-bond acceptors (Lipinski definition) is 1. The number of hydrogen-bond donors (Lipinski definition) is 0. The van der Waals surface area contributed by atoms with Gasteiger partial charge in [0.15, 0.2) is 0 Å². The van der Waals surface area contributed by atoms with Gasteiger partial charge in [0, 0.05) is 12.1 Å². The molecule has 0 saturated carbocycles. The molecule has 1 aliphatic rings. The third kappa shape index (κ3) is 1.39. The molecule has 72 valence electrons. The third-order valence-corrected chi connectivity index (χ3v) is 3.98. The van der Waals surface area contributed by atoms with E-state index >= 15 is 0 Å². The summed E-state index contributed by atoms with van der Waals surface area (Å²) in [5.41, 5.74) is 0. The lowest BCUT2D eigenvalue weighted by molar-refractivity contribution is 0.230. The molecule has 4 atom stereocenters. The molecule has 0 aromatic heterocycles. The van der Waals surface area contributed by atoms with Gasteiger partial charge in [-0.1, -0.05) is 20.8 Å². The summed E-state index contributed by atoms with van der Waals surface area (Å²) in [6, 6.07) is 1.52. The van der Waals surface area contributed by atoms with E-state index in [0.29, 0.717) is 0 Å². The number of rotatable bonds is 1. The summed E-state index contributed by atoms with van der Waals surface area (Å²) >= 11 is 0. The van der Waals surface area contributed by atoms with Crippen LogP contribution in [0.5, 0.6) is 0 Å². The van der Waals surface area contributed by atoms with E-state index in [1.807, 2.05) is 0 Å². The zero-order chi connectivity index (χ0) is 9.46. The summed E-state index contributed by atoms with van der Waals surface area (Å²) < 4.78 is 0. The Balaban J connectivity index is 2.76. The van der Waals surface area contributed by atoms with E-state index in [1.165, 1.54) is 0 Å². The second-order valence-electron chi connectivity index (χ2n) is 4.83. The van der Waals surface area contributed by atoms with Gasteiger partial charge in [0.1, 0.15) is 0 Å². The first-order valence-corrected chi connectivity index (χ1v) is 5.18. The van der Waals surface area contributed by atoms with Gasteiger partial charge in [-0.2, -0.15) is 0 Å². The van der Waals surface area contributed by atoms with Crippen LogP contribution in [0.2, 0.25) is 0 Å². The highest BCUT2D eigenvalue weighted by molar-refractivity contribution is 4.93. The molecular weight excluding hydrogens is 146 g/mol. The predicted molar refractivity (Wildman–Crippen MR) is 54.2 cm³/mol. The summed E-state index contributed by atoms with van der Waals surface area (Å²) in [6.45, 7) is 11.8. The summed E-state index contributed by atoms with van der Waals surface area (Å²) in [6.07, 6.45) is 0. The van der Waals surface area contributed by atoms with Crippen molar-refractivity contribution < 1.29 is 0 Å². The summed E-state index contributed by atoms with van der Waals surface area (Å²) in [7, 11) is 2.26. The van der Waals surface area contributed by atoms with Crippen molar-refractivity contribution in [3.8, 4) is 0 Å². The van der Waals surface area contributed by atoms with Crippen LogP contribution in [0.25, 0.3) is 0 Å². The maximum atomic E-state index is 2.52. The molecule has 0 N–H and O–H groups in total. The zero-order valence-corrected chi connectivity index (χ0v) is 9.33. The Hall–Kier alpha value is -0.0400. The van der Waals surface area contributed by atoms with Crippen LogP contribution >= 0.6 is 0 Å². The molecule has 0 bridgehead atoms. The van der Waals surface area contributed by atoms with E-state index in [0.717, 1.165) is 29.8 Å². The van der Waals surface area contributed by atoms with Gasteiger partial charge in [-0.05, 0) is 38.6 Å². The average Bonchev–Trinajstić information content (AvgIpc) is 2.16. The van der Waals surface area contributed by atoms with Crippen LogP contribution in [-0.2, 0) is 0 Å². The highest BCUT2D eigenvalue weighted by Crippen LogP contribution is 2.37. The monoisotopic (exact) mass is 169 g/mol. The van der Waals surface area contributed by atoms with Crippen molar-refractivity contribution in [2.24, 2.45) is 17.8 Å². The van der Waals surface area contributed by atoms with Crippen LogP contribution in [0.4, 0.5) is 0 Å². The van der Waals surface area contributed by atoms with E-state index in [1.54, 1.807) is 0 Å². The van der Waals surface area contributed by atoms with Gasteiger partial charge in [0.25, 0.3) is 0 Å². The van der Waals surface area contributed by atoms with Crippen LogP contribution < -0.4 is 0 Å². The first-order valence-electron chi connectivity index (χ1n) is 5.18. The minimum atomic E-state index is 0.757. The van der Waals surface area contributed by atoms with Crippen molar-refractivity contribution >= 4 is 0 Å². The van der Waals surface area contributed by atoms with Crippen LogP contribution in [-0.4, -0.2) is 24.0 Å². The number of nitrogens with zero attached hydrogens (tertiary/aromatic N) is 1. The van der Waals surface area contributed by atoms with Crippen molar-refractivity contribution in [1.29, 1.82) is 0 Å². The lowest BCUT2D eigenvalue weighted by atomic mass is 9.81. The zero-order valence-electron chi connectivity index (χ0n) is 9.33. The lowest BCUT2D eigenvalue weighted by Gasteiger charge is -2.25. The molecule has 0 radical (unpaired) electrons. The van der Waals surface area contributed by atoms with Crippen LogP contribution in [0.15, 0.2) is 0 Å². The van der Waals surface area contributed by atoms with Gasteiger partial charge < -0.3 is 4.90 Å². The molecule has 0 aromatic rings. The lowest BCUT2D eigenvalue weighted by Crippen LogP contribution is -2.31. The largest absolute Gasteiger partial charge is 0.300 e. The highest BCUT2D eigenvalue weighted by Gasteiger charge is 2.40. The van der Waals surface area contributed by atoms with E-state index in [2.05, 4.69) is 46.6 Å². The van der Waals surface area contributed by atoms with Gasteiger partial charge in [0.2, 0.25) is 0 Å². The molecule has 1 aliphatic heterocycles. The summed E-state index contributed by atoms with van der Waals surface area (Å²) in [5, 5.41) is 0. The number of likely N-dealkylation sites (tertiary alicyclic amines) is 1. The summed E-state index contributed by atoms with van der Waals surface area (Å²) in [5.74, 6) is 2.55. The Kier molecular flexibility index (Phi) is 2.82. The normalized spacial score (nSPS) is 44.2. The molecule has 1 heteroatoms. The Bertz CT molecular complexity index is 139. The molecule has 1 fully saturated rings. The van der Waals surface area contributed by atoms with Gasteiger partial charge in [-0.25, -0.2) is 0 Å². The molecule has 12 heavy (non-hydrogen) atoms. The van der Waals surface area contributed by atoms with Crippen molar-refractivity contribution in [2.75, 3.05) is 7.05 Å². The van der Waals surface area contributed by atoms with E-state index in [9.17, 15) is 0 Å². The van der Waals surface area contributed by atoms with Crippen LogP contribution in [0.1, 0.15) is 34.6 Å². The quantitative estimate of drug-likeness (QED) is 0.583. The van der Waals surface area contributed by atoms with Crippen LogP contribution in [0, 0.1) is 17.8 Å². The SMILES string of the molecule is CC(C)C1C(C)C(C)N(C)C1C. The second kappa shape index (κ2) is 3.37. The van der Waals surface area contributed by atoms with Gasteiger partial charge in [-0.3, -0.25) is 0 Å². The van der Waals surface area contributed by atoms with Crippen molar-refractivity contribution in [3.63, 3.8) is 0 Å². The average molecular weight is 169 g/mol. The van der Waals surface area contributed by atoms with Gasteiger partial charge >= 0.3 is 0 Å². The molecule has 1 rings (SSSR count). The molecule has 1 saturated heterocycles. The van der Waals surface area contributed by atoms with Gasteiger partial charge in [-0.15, -0.1) is 0 Å². The molecule has 4 unspecified atom stereocenters. The van der Waals surface area contributed by atoms with E-state index < -0.39 is 0 Å². The minimum Gasteiger partial charge on any atom is -0.300 e. The predicted octanol–water partition coefficient (Wildman–Crippen LogP) is 2.62. The van der Waals surface area contributed by atoms with Gasteiger partial charge in [0.05, 0.1) is 0 Å². The molecule has 1 heterocycles. The topological polar surface area (TPSA) is 3.24 Å². The smallest absolute Gasteiger partial charge is 0.0101 e. The molecule has 0 spiro atoms. The Morgan fingerprint density at radius 3 is 1.67 bits per heavy atom. The fourth-order valence-electron chi connectivity index (χ4n) is 2.94. The maximum absolute atomic E-state index is 2.52. The first kappa shape index (κ1) is 10.0. The molecular formula is C11H23N. The standard InChI is InChI=1S/C11H23N/c1-7(2)11-8(3)9(4)12(6)10(11)5/h7-11H,1-6H3. The maximum Gasteiger partial charge on any atom is 0.0101 e.